The molecule has 0 saturated heterocycles. The zero-order valence-electron chi connectivity index (χ0n) is 11.0. The molecule has 4 nitrogen and oxygen atoms in total. The van der Waals surface area contributed by atoms with E-state index in [-0.39, 0.29) is 5.75 Å². The monoisotopic (exact) mass is 255 g/mol. The van der Waals surface area contributed by atoms with E-state index in [1.165, 1.54) is 12.1 Å². The normalized spacial score (nSPS) is 12.9. The summed E-state index contributed by atoms with van der Waals surface area (Å²) in [6.07, 6.45) is -0.612. The summed E-state index contributed by atoms with van der Waals surface area (Å²) in [5.74, 6) is -0.541. The van der Waals surface area contributed by atoms with Crippen molar-refractivity contribution < 1.29 is 19.0 Å². The van der Waals surface area contributed by atoms with Gasteiger partial charge in [-0.3, -0.25) is 0 Å². The van der Waals surface area contributed by atoms with Crippen molar-refractivity contribution in [2.24, 2.45) is 0 Å². The lowest BCUT2D eigenvalue weighted by Gasteiger charge is -2.22. The molecule has 18 heavy (non-hydrogen) atoms. The second kappa shape index (κ2) is 5.25. The molecule has 0 spiro atoms. The number of rotatable bonds is 2. The van der Waals surface area contributed by atoms with Crippen molar-refractivity contribution in [1.82, 2.24) is 5.32 Å². The van der Waals surface area contributed by atoms with E-state index in [4.69, 9.17) is 4.74 Å². The summed E-state index contributed by atoms with van der Waals surface area (Å²) in [6, 6.07) is 3.03. The molecule has 0 radical (unpaired) electrons. The van der Waals surface area contributed by atoms with Crippen LogP contribution < -0.4 is 5.32 Å². The molecule has 0 aliphatic carbocycles. The topological polar surface area (TPSA) is 58.6 Å². The Bertz CT molecular complexity index is 440. The first-order valence-electron chi connectivity index (χ1n) is 5.67. The fourth-order valence-electron chi connectivity index (χ4n) is 1.43. The van der Waals surface area contributed by atoms with Crippen LogP contribution in [0.15, 0.2) is 18.2 Å². The molecule has 1 aromatic rings. The van der Waals surface area contributed by atoms with Crippen LogP contribution in [0.1, 0.15) is 39.3 Å². The van der Waals surface area contributed by atoms with E-state index in [0.717, 1.165) is 6.07 Å². The van der Waals surface area contributed by atoms with E-state index >= 15 is 0 Å². The first kappa shape index (κ1) is 14.3. The van der Waals surface area contributed by atoms with Gasteiger partial charge >= 0.3 is 6.09 Å². The molecule has 1 atom stereocenters. The van der Waals surface area contributed by atoms with Gasteiger partial charge in [-0.25, -0.2) is 9.18 Å². The van der Waals surface area contributed by atoms with Crippen molar-refractivity contribution in [2.45, 2.75) is 39.3 Å². The Kier molecular flexibility index (Phi) is 4.16. The van der Waals surface area contributed by atoms with Crippen molar-refractivity contribution in [1.29, 1.82) is 0 Å². The zero-order valence-corrected chi connectivity index (χ0v) is 11.0. The van der Waals surface area contributed by atoms with Gasteiger partial charge in [-0.2, -0.15) is 0 Å². The number of benzene rings is 1. The second-order valence-corrected chi connectivity index (χ2v) is 5.07. The van der Waals surface area contributed by atoms with Crippen LogP contribution in [0, 0.1) is 5.82 Å². The fraction of sp³-hybridized carbons (Fsp3) is 0.462. The van der Waals surface area contributed by atoms with E-state index in [1.54, 1.807) is 27.7 Å². The van der Waals surface area contributed by atoms with Crippen LogP contribution in [0.4, 0.5) is 9.18 Å². The molecule has 2 N–H and O–H groups in total. The summed E-state index contributed by atoms with van der Waals surface area (Å²) in [5, 5.41) is 12.1. The highest BCUT2D eigenvalue weighted by atomic mass is 19.1. The van der Waals surface area contributed by atoms with Crippen LogP contribution in [-0.4, -0.2) is 16.8 Å². The van der Waals surface area contributed by atoms with Crippen molar-refractivity contribution in [3.8, 4) is 5.75 Å². The van der Waals surface area contributed by atoms with Crippen molar-refractivity contribution in [2.75, 3.05) is 0 Å². The second-order valence-electron chi connectivity index (χ2n) is 5.07. The van der Waals surface area contributed by atoms with Crippen molar-refractivity contribution in [3.05, 3.63) is 29.6 Å². The molecule has 1 rings (SSSR count). The SMILES string of the molecule is CC(NC(=O)OC(C)(C)C)c1cc(F)ccc1O. The number of hydrogen-bond donors (Lipinski definition) is 2. The molecule has 1 amide bonds. The number of aromatic hydroxyl groups is 1. The molecule has 100 valence electrons. The molecular formula is C13H18FNO3. The van der Waals surface area contributed by atoms with Gasteiger partial charge in [-0.1, -0.05) is 0 Å². The lowest BCUT2D eigenvalue weighted by molar-refractivity contribution is 0.0507. The van der Waals surface area contributed by atoms with E-state index in [2.05, 4.69) is 5.32 Å². The molecule has 0 fully saturated rings. The van der Waals surface area contributed by atoms with E-state index in [1.807, 2.05) is 0 Å². The lowest BCUT2D eigenvalue weighted by atomic mass is 10.1. The summed E-state index contributed by atoms with van der Waals surface area (Å²) in [4.78, 5) is 11.5. The number of halogens is 1. The molecule has 5 heteroatoms. The van der Waals surface area contributed by atoms with Crippen LogP contribution in [0.25, 0.3) is 0 Å². The van der Waals surface area contributed by atoms with Gasteiger partial charge in [0.05, 0.1) is 6.04 Å². The number of hydrogen-bond acceptors (Lipinski definition) is 3. The molecule has 0 aliphatic rings. The number of alkyl carbamates (subject to hydrolysis) is 1. The number of nitrogens with one attached hydrogen (secondary N) is 1. The molecular weight excluding hydrogens is 237 g/mol. The minimum atomic E-state index is -0.612. The molecule has 0 bridgehead atoms. The van der Waals surface area contributed by atoms with E-state index in [0.29, 0.717) is 5.56 Å². The highest BCUT2D eigenvalue weighted by Crippen LogP contribution is 2.24. The maximum Gasteiger partial charge on any atom is 0.408 e. The number of phenolic OH excluding ortho intramolecular Hbond substituents is 1. The predicted molar refractivity (Wildman–Crippen MR) is 65.8 cm³/mol. The smallest absolute Gasteiger partial charge is 0.408 e. The Labute approximate surface area is 106 Å². The Hall–Kier alpha value is -1.78. The molecule has 1 aromatic carbocycles. The molecule has 0 saturated carbocycles. The summed E-state index contributed by atoms with van der Waals surface area (Å²) in [6.45, 7) is 6.88. The molecule has 1 unspecified atom stereocenters. The van der Waals surface area contributed by atoms with Gasteiger partial charge in [0.15, 0.2) is 0 Å². The Morgan fingerprint density at radius 3 is 2.61 bits per heavy atom. The minimum Gasteiger partial charge on any atom is -0.508 e. The number of amides is 1. The average molecular weight is 255 g/mol. The zero-order chi connectivity index (χ0) is 13.9. The first-order chi connectivity index (χ1) is 8.19. The van der Waals surface area contributed by atoms with Gasteiger partial charge in [0, 0.05) is 5.56 Å². The van der Waals surface area contributed by atoms with Crippen LogP contribution in [0.5, 0.6) is 5.75 Å². The van der Waals surface area contributed by atoms with Crippen molar-refractivity contribution in [3.63, 3.8) is 0 Å². The Balaban J connectivity index is 2.73. The minimum absolute atomic E-state index is 0.0695. The van der Waals surface area contributed by atoms with Crippen LogP contribution in [0.3, 0.4) is 0 Å². The predicted octanol–water partition coefficient (Wildman–Crippen LogP) is 3.12. The number of carbonyl (C=O) groups is 1. The first-order valence-corrected chi connectivity index (χ1v) is 5.67. The number of carbonyl (C=O) groups excluding carboxylic acids is 1. The van der Waals surface area contributed by atoms with Gasteiger partial charge in [-0.05, 0) is 45.9 Å². The molecule has 0 aliphatic heterocycles. The Morgan fingerprint density at radius 1 is 1.44 bits per heavy atom. The van der Waals surface area contributed by atoms with Crippen LogP contribution in [-0.2, 0) is 4.74 Å². The van der Waals surface area contributed by atoms with Crippen LogP contribution in [0.2, 0.25) is 0 Å². The summed E-state index contributed by atoms with van der Waals surface area (Å²) >= 11 is 0. The highest BCUT2D eigenvalue weighted by Gasteiger charge is 2.19. The molecule has 0 heterocycles. The third kappa shape index (κ3) is 4.24. The van der Waals surface area contributed by atoms with Gasteiger partial charge < -0.3 is 15.2 Å². The fourth-order valence-corrected chi connectivity index (χ4v) is 1.43. The van der Waals surface area contributed by atoms with E-state index in [9.17, 15) is 14.3 Å². The third-order valence-corrected chi connectivity index (χ3v) is 2.19. The van der Waals surface area contributed by atoms with Gasteiger partial charge in [0.2, 0.25) is 0 Å². The van der Waals surface area contributed by atoms with Gasteiger partial charge in [-0.15, -0.1) is 0 Å². The number of ether oxygens (including phenoxy) is 1. The summed E-state index contributed by atoms with van der Waals surface area (Å²) < 4.78 is 18.1. The highest BCUT2D eigenvalue weighted by molar-refractivity contribution is 5.68. The molecule has 0 aromatic heterocycles. The van der Waals surface area contributed by atoms with Crippen molar-refractivity contribution >= 4 is 6.09 Å². The maximum atomic E-state index is 13.1. The van der Waals surface area contributed by atoms with Gasteiger partial charge in [0.25, 0.3) is 0 Å². The lowest BCUT2D eigenvalue weighted by Crippen LogP contribution is -2.34. The summed E-state index contributed by atoms with van der Waals surface area (Å²) in [5.41, 5.74) is -0.297. The van der Waals surface area contributed by atoms with Crippen LogP contribution >= 0.6 is 0 Å². The maximum absolute atomic E-state index is 13.1. The third-order valence-electron chi connectivity index (χ3n) is 2.19. The van der Waals surface area contributed by atoms with Gasteiger partial charge in [0.1, 0.15) is 17.2 Å². The Morgan fingerprint density at radius 2 is 2.06 bits per heavy atom. The number of phenols is 1. The standard InChI is InChI=1S/C13H18FNO3/c1-8(15-12(17)18-13(2,3)4)10-7-9(14)5-6-11(10)16/h5-8,16H,1-4H3,(H,15,17). The summed E-state index contributed by atoms with van der Waals surface area (Å²) in [7, 11) is 0. The average Bonchev–Trinajstić information content (AvgIpc) is 2.18. The largest absolute Gasteiger partial charge is 0.508 e. The van der Waals surface area contributed by atoms with E-state index < -0.39 is 23.6 Å². The quantitative estimate of drug-likeness (QED) is 0.853.